The molecule has 0 saturated carbocycles. The van der Waals surface area contributed by atoms with E-state index in [1.165, 1.54) is 17.7 Å². The summed E-state index contributed by atoms with van der Waals surface area (Å²) < 4.78 is 52.0. The van der Waals surface area contributed by atoms with Crippen molar-refractivity contribution in [2.45, 2.75) is 13.1 Å². The van der Waals surface area contributed by atoms with Crippen LogP contribution >= 0.6 is 22.9 Å². The van der Waals surface area contributed by atoms with Crippen LogP contribution in [0.25, 0.3) is 21.3 Å². The lowest BCUT2D eigenvalue weighted by Crippen LogP contribution is -2.20. The van der Waals surface area contributed by atoms with E-state index in [0.717, 1.165) is 26.9 Å². The molecule has 0 aliphatic rings. The molecule has 6 nitrogen and oxygen atoms in total. The molecule has 0 radical (unpaired) electrons. The molecular weight excluding hydrogens is 482 g/mol. The molecule has 0 atom stereocenters. The second-order valence-corrected chi connectivity index (χ2v) is 8.55. The number of hydrogen-bond acceptors (Lipinski definition) is 5. The van der Waals surface area contributed by atoms with Crippen LogP contribution in [0.4, 0.5) is 39.5 Å². The third-order valence-corrected chi connectivity index (χ3v) is 6.06. The van der Waals surface area contributed by atoms with Gasteiger partial charge in [0.2, 0.25) is 0 Å². The molecule has 4 aromatic rings. The third kappa shape index (κ3) is 4.55. The van der Waals surface area contributed by atoms with Gasteiger partial charge in [-0.05, 0) is 42.8 Å². The van der Waals surface area contributed by atoms with Crippen molar-refractivity contribution in [1.29, 1.82) is 0 Å². The quantitative estimate of drug-likeness (QED) is 0.275. The number of carbonyl (C=O) groups is 1. The molecule has 0 aliphatic heterocycles. The fourth-order valence-corrected chi connectivity index (χ4v) is 4.54. The van der Waals surface area contributed by atoms with Crippen LogP contribution in [0.1, 0.15) is 10.4 Å². The summed E-state index contributed by atoms with van der Waals surface area (Å²) in [5, 5.41) is 5.58. The Labute approximate surface area is 193 Å². The van der Waals surface area contributed by atoms with E-state index in [9.17, 15) is 22.4 Å². The lowest BCUT2D eigenvalue weighted by molar-refractivity contribution is -0.139. The molecule has 2 heterocycles. The summed E-state index contributed by atoms with van der Waals surface area (Å²) in [6.07, 6.45) is -3.51. The number of urea groups is 1. The van der Waals surface area contributed by atoms with Crippen LogP contribution in [-0.2, 0) is 6.18 Å². The number of alkyl halides is 3. The summed E-state index contributed by atoms with van der Waals surface area (Å²) in [4.78, 5) is 22.2. The number of nitrogen functional groups attached to an aromatic ring is 1. The van der Waals surface area contributed by atoms with Gasteiger partial charge in [-0.3, -0.25) is 0 Å². The van der Waals surface area contributed by atoms with Gasteiger partial charge >= 0.3 is 12.2 Å². The van der Waals surface area contributed by atoms with Crippen LogP contribution in [0.5, 0.6) is 0 Å². The third-order valence-electron chi connectivity index (χ3n) is 4.73. The zero-order chi connectivity index (χ0) is 23.9. The van der Waals surface area contributed by atoms with E-state index in [2.05, 4.69) is 20.6 Å². The Hall–Kier alpha value is -3.44. The van der Waals surface area contributed by atoms with Gasteiger partial charge in [0, 0.05) is 16.1 Å². The van der Waals surface area contributed by atoms with E-state index < -0.39 is 23.6 Å². The number of fused-ring (bicyclic) bond motifs is 1. The number of benzene rings is 2. The highest BCUT2D eigenvalue weighted by atomic mass is 35.5. The van der Waals surface area contributed by atoms with Crippen LogP contribution in [0, 0.1) is 12.7 Å². The van der Waals surface area contributed by atoms with Crippen molar-refractivity contribution >= 4 is 56.4 Å². The van der Waals surface area contributed by atoms with Crippen LogP contribution in [0.3, 0.4) is 0 Å². The minimum absolute atomic E-state index is 0.187. The molecule has 0 spiro atoms. The number of nitrogens with one attached hydrogen (secondary N) is 2. The molecular formula is C21H14ClF4N5OS. The highest BCUT2D eigenvalue weighted by Crippen LogP contribution is 2.41. The highest BCUT2D eigenvalue weighted by Gasteiger charge is 2.34. The number of nitrogens with two attached hydrogens (primary N) is 1. The van der Waals surface area contributed by atoms with Gasteiger partial charge in [0.15, 0.2) is 0 Å². The molecule has 170 valence electrons. The van der Waals surface area contributed by atoms with E-state index in [1.807, 2.05) is 6.92 Å². The van der Waals surface area contributed by atoms with Crippen molar-refractivity contribution in [3.63, 3.8) is 0 Å². The van der Waals surface area contributed by atoms with Gasteiger partial charge in [0.25, 0.3) is 0 Å². The summed E-state index contributed by atoms with van der Waals surface area (Å²) in [5.41, 5.74) is 6.07. The van der Waals surface area contributed by atoms with E-state index in [4.69, 9.17) is 17.3 Å². The number of rotatable bonds is 3. The second kappa shape index (κ2) is 8.49. The van der Waals surface area contributed by atoms with Gasteiger partial charge in [-0.2, -0.15) is 13.2 Å². The van der Waals surface area contributed by atoms with Gasteiger partial charge in [-0.25, -0.2) is 19.2 Å². The topological polar surface area (TPSA) is 92.9 Å². The predicted molar refractivity (Wildman–Crippen MR) is 121 cm³/mol. The molecule has 4 N–H and O–H groups in total. The molecule has 0 fully saturated rings. The molecule has 33 heavy (non-hydrogen) atoms. The van der Waals surface area contributed by atoms with Crippen molar-refractivity contribution in [2.75, 3.05) is 16.4 Å². The first-order valence-electron chi connectivity index (χ1n) is 9.29. The Balaban J connectivity index is 1.57. The maximum Gasteiger partial charge on any atom is 0.419 e. The van der Waals surface area contributed by atoms with Gasteiger partial charge in [-0.1, -0.05) is 17.7 Å². The molecule has 2 aromatic carbocycles. The van der Waals surface area contributed by atoms with Gasteiger partial charge < -0.3 is 16.4 Å². The lowest BCUT2D eigenvalue weighted by atomic mass is 10.0. The minimum atomic E-state index is -4.89. The first-order chi connectivity index (χ1) is 15.5. The van der Waals surface area contributed by atoms with Crippen LogP contribution in [0.2, 0.25) is 5.02 Å². The van der Waals surface area contributed by atoms with Crippen molar-refractivity contribution < 1.29 is 22.4 Å². The van der Waals surface area contributed by atoms with Crippen molar-refractivity contribution in [1.82, 2.24) is 9.97 Å². The van der Waals surface area contributed by atoms with Crippen LogP contribution in [-0.4, -0.2) is 16.0 Å². The van der Waals surface area contributed by atoms with E-state index in [1.54, 1.807) is 18.2 Å². The van der Waals surface area contributed by atoms with E-state index in [0.29, 0.717) is 23.3 Å². The van der Waals surface area contributed by atoms with Gasteiger partial charge in [0.05, 0.1) is 21.7 Å². The van der Waals surface area contributed by atoms with Crippen LogP contribution < -0.4 is 16.4 Å². The molecule has 0 bridgehead atoms. The second-order valence-electron chi connectivity index (χ2n) is 6.94. The summed E-state index contributed by atoms with van der Waals surface area (Å²) in [7, 11) is 0. The standard InChI is InChI=1S/C21H14ClF4N5OS/c1-9-16(17-18(27)28-8-29-19(17)33-9)10-2-5-15(13(22)6-10)31-20(32)30-11-3-4-14(23)12(7-11)21(24,25)26/h2-8H,1H3,(H2,27,28,29)(H2,30,31,32). The summed E-state index contributed by atoms with van der Waals surface area (Å²) in [6.45, 7) is 1.91. The van der Waals surface area contributed by atoms with Gasteiger partial charge in [0.1, 0.15) is 22.8 Å². The maximum atomic E-state index is 13.4. The first kappa shape index (κ1) is 22.7. The molecule has 0 saturated heterocycles. The SMILES string of the molecule is Cc1sc2ncnc(N)c2c1-c1ccc(NC(=O)Nc2ccc(F)c(C(F)(F)F)c2)c(Cl)c1. The smallest absolute Gasteiger partial charge is 0.383 e. The Morgan fingerprint density at radius 3 is 2.58 bits per heavy atom. The molecule has 0 aliphatic carbocycles. The number of amides is 2. The number of nitrogens with zero attached hydrogens (tertiary/aromatic N) is 2. The van der Waals surface area contributed by atoms with Crippen LogP contribution in [0.15, 0.2) is 42.7 Å². The fraction of sp³-hybridized carbons (Fsp3) is 0.0952. The Morgan fingerprint density at radius 2 is 1.88 bits per heavy atom. The number of thiophene rings is 1. The molecule has 2 aromatic heterocycles. The van der Waals surface area contributed by atoms with E-state index in [-0.39, 0.29) is 16.4 Å². The number of hydrogen-bond donors (Lipinski definition) is 3. The number of aryl methyl sites for hydroxylation is 1. The van der Waals surface area contributed by atoms with Crippen molar-refractivity contribution in [3.05, 3.63) is 64.0 Å². The zero-order valence-electron chi connectivity index (χ0n) is 16.7. The normalized spacial score (nSPS) is 11.6. The number of halogens is 5. The first-order valence-corrected chi connectivity index (χ1v) is 10.5. The lowest BCUT2D eigenvalue weighted by Gasteiger charge is -2.13. The van der Waals surface area contributed by atoms with E-state index >= 15 is 0 Å². The monoisotopic (exact) mass is 495 g/mol. The number of anilines is 3. The summed E-state index contributed by atoms with van der Waals surface area (Å²) in [5.74, 6) is -1.11. The molecule has 0 unspecified atom stereocenters. The number of aromatic nitrogens is 2. The largest absolute Gasteiger partial charge is 0.419 e. The molecule has 12 heteroatoms. The average Bonchev–Trinajstić information content (AvgIpc) is 3.07. The molecule has 4 rings (SSSR count). The Morgan fingerprint density at radius 1 is 1.12 bits per heavy atom. The minimum Gasteiger partial charge on any atom is -0.383 e. The summed E-state index contributed by atoms with van der Waals surface area (Å²) in [6, 6.07) is 6.19. The highest BCUT2D eigenvalue weighted by molar-refractivity contribution is 7.19. The Kier molecular flexibility index (Phi) is 5.85. The maximum absolute atomic E-state index is 13.4. The predicted octanol–water partition coefficient (Wildman–Crippen LogP) is 6.70. The molecule has 2 amide bonds. The average molecular weight is 496 g/mol. The number of carbonyl (C=O) groups excluding carboxylic acids is 1. The fourth-order valence-electron chi connectivity index (χ4n) is 3.29. The zero-order valence-corrected chi connectivity index (χ0v) is 18.3. The van der Waals surface area contributed by atoms with Gasteiger partial charge in [-0.15, -0.1) is 11.3 Å². The summed E-state index contributed by atoms with van der Waals surface area (Å²) >= 11 is 7.80. The van der Waals surface area contributed by atoms with Crippen molar-refractivity contribution in [2.24, 2.45) is 0 Å². The van der Waals surface area contributed by atoms with Crippen molar-refractivity contribution in [3.8, 4) is 11.1 Å². The Bertz CT molecular complexity index is 1390.